The topological polar surface area (TPSA) is 116 Å². The fourth-order valence-electron chi connectivity index (χ4n) is 1.28. The number of rotatable bonds is 4. The molecule has 1 amide bonds. The molecule has 0 spiro atoms. The fraction of sp³-hybridized carbons (Fsp3) is 0.300. The number of hydrogen-bond acceptors (Lipinski definition) is 7. The number of carbonyl (C=O) groups is 1. The molecule has 0 N–H and O–H groups in total. The van der Waals surface area contributed by atoms with Crippen molar-refractivity contribution in [3.63, 3.8) is 0 Å². The highest BCUT2D eigenvalue weighted by molar-refractivity contribution is 5.72. The van der Waals surface area contributed by atoms with Crippen LogP contribution in [0.4, 0.5) is 5.88 Å². The molecule has 0 aliphatic carbocycles. The van der Waals surface area contributed by atoms with Gasteiger partial charge in [-0.2, -0.15) is 4.98 Å². The summed E-state index contributed by atoms with van der Waals surface area (Å²) in [4.78, 5) is 26.2. The van der Waals surface area contributed by atoms with E-state index in [1.54, 1.807) is 7.05 Å². The summed E-state index contributed by atoms with van der Waals surface area (Å²) in [5, 5.41) is 14.1. The van der Waals surface area contributed by atoms with Gasteiger partial charge >= 0.3 is 5.88 Å². The summed E-state index contributed by atoms with van der Waals surface area (Å²) < 4.78 is 9.86. The summed E-state index contributed by atoms with van der Waals surface area (Å²) in [7, 11) is 1.59. The Bertz CT molecular complexity index is 617. The number of amides is 1. The number of aromatic nitrogens is 2. The van der Waals surface area contributed by atoms with Crippen LogP contribution in [-0.2, 0) is 11.3 Å². The average Bonchev–Trinajstić information content (AvgIpc) is 2.95. The van der Waals surface area contributed by atoms with Gasteiger partial charge in [0, 0.05) is 14.0 Å². The molecule has 0 unspecified atom stereocenters. The predicted molar refractivity (Wildman–Crippen MR) is 60.8 cm³/mol. The van der Waals surface area contributed by atoms with Crippen molar-refractivity contribution < 1.29 is 18.7 Å². The fourth-order valence-corrected chi connectivity index (χ4v) is 1.28. The van der Waals surface area contributed by atoms with Crippen LogP contribution in [0, 0.1) is 10.1 Å². The number of nitrogens with zero attached hydrogens (tertiary/aromatic N) is 4. The van der Waals surface area contributed by atoms with Crippen molar-refractivity contribution in [2.24, 2.45) is 0 Å². The van der Waals surface area contributed by atoms with E-state index in [-0.39, 0.29) is 29.9 Å². The highest BCUT2D eigenvalue weighted by Crippen LogP contribution is 2.23. The molecule has 9 nitrogen and oxygen atoms in total. The zero-order valence-electron chi connectivity index (χ0n) is 10.2. The van der Waals surface area contributed by atoms with Crippen LogP contribution in [0.25, 0.3) is 11.6 Å². The van der Waals surface area contributed by atoms with Gasteiger partial charge in [0.1, 0.15) is 4.92 Å². The number of furan rings is 1. The van der Waals surface area contributed by atoms with Crippen molar-refractivity contribution in [3.8, 4) is 11.6 Å². The number of hydrogen-bond donors (Lipinski definition) is 0. The minimum atomic E-state index is -0.659. The van der Waals surface area contributed by atoms with Gasteiger partial charge in [-0.3, -0.25) is 14.9 Å². The maximum Gasteiger partial charge on any atom is 0.433 e. The average molecular weight is 266 g/mol. The molecule has 0 radical (unpaired) electrons. The maximum absolute atomic E-state index is 11.0. The molecule has 2 aromatic rings. The molecule has 2 aromatic heterocycles. The molecular formula is C10H10N4O5. The van der Waals surface area contributed by atoms with E-state index in [0.717, 1.165) is 0 Å². The van der Waals surface area contributed by atoms with Crippen LogP contribution in [0.1, 0.15) is 12.8 Å². The molecule has 19 heavy (non-hydrogen) atoms. The smallest absolute Gasteiger partial charge is 0.397 e. The summed E-state index contributed by atoms with van der Waals surface area (Å²) >= 11 is 0. The molecule has 0 bridgehead atoms. The first-order valence-electron chi connectivity index (χ1n) is 5.26. The first-order valence-corrected chi connectivity index (χ1v) is 5.26. The van der Waals surface area contributed by atoms with Crippen LogP contribution in [0.2, 0.25) is 0 Å². The van der Waals surface area contributed by atoms with E-state index in [9.17, 15) is 14.9 Å². The van der Waals surface area contributed by atoms with Crippen LogP contribution >= 0.6 is 0 Å². The SMILES string of the molecule is CC(=O)N(C)Cc1nc(-c2ccc([N+](=O)[O-])o2)no1. The molecule has 0 aliphatic rings. The summed E-state index contributed by atoms with van der Waals surface area (Å²) in [6.45, 7) is 1.57. The van der Waals surface area contributed by atoms with Gasteiger partial charge in [-0.1, -0.05) is 5.16 Å². The molecule has 0 aliphatic heterocycles. The second kappa shape index (κ2) is 4.88. The molecule has 0 atom stereocenters. The lowest BCUT2D eigenvalue weighted by Gasteiger charge is -2.10. The van der Waals surface area contributed by atoms with Crippen molar-refractivity contribution in [2.45, 2.75) is 13.5 Å². The lowest BCUT2D eigenvalue weighted by Crippen LogP contribution is -2.23. The van der Waals surface area contributed by atoms with Gasteiger partial charge in [-0.05, 0) is 6.07 Å². The van der Waals surface area contributed by atoms with Crippen LogP contribution in [0.3, 0.4) is 0 Å². The maximum atomic E-state index is 11.0. The third-order valence-electron chi connectivity index (χ3n) is 2.37. The van der Waals surface area contributed by atoms with Crippen LogP contribution < -0.4 is 0 Å². The largest absolute Gasteiger partial charge is 0.433 e. The quantitative estimate of drug-likeness (QED) is 0.603. The number of carbonyl (C=O) groups excluding carboxylic acids is 1. The monoisotopic (exact) mass is 266 g/mol. The minimum Gasteiger partial charge on any atom is -0.397 e. The molecule has 2 heterocycles. The molecule has 0 fully saturated rings. The van der Waals surface area contributed by atoms with Crippen LogP contribution in [0.5, 0.6) is 0 Å². The number of nitro groups is 1. The Morgan fingerprint density at radius 1 is 1.53 bits per heavy atom. The highest BCUT2D eigenvalue weighted by atomic mass is 16.6. The third kappa shape index (κ3) is 2.76. The molecule has 100 valence electrons. The molecule has 0 saturated heterocycles. The van der Waals surface area contributed by atoms with Crippen molar-refractivity contribution in [2.75, 3.05) is 7.05 Å². The van der Waals surface area contributed by atoms with E-state index in [1.807, 2.05) is 0 Å². The third-order valence-corrected chi connectivity index (χ3v) is 2.37. The van der Waals surface area contributed by atoms with Crippen molar-refractivity contribution in [3.05, 3.63) is 28.1 Å². The molecule has 9 heteroatoms. The van der Waals surface area contributed by atoms with Crippen LogP contribution in [-0.4, -0.2) is 32.9 Å². The zero-order chi connectivity index (χ0) is 14.0. The first-order chi connectivity index (χ1) is 8.97. The standard InChI is InChI=1S/C10H10N4O5/c1-6(15)13(2)5-8-11-10(12-19-8)7-3-4-9(18-7)14(16)17/h3-4H,5H2,1-2H3. The van der Waals surface area contributed by atoms with Crippen molar-refractivity contribution in [1.29, 1.82) is 0 Å². The molecule has 0 aromatic carbocycles. The Morgan fingerprint density at radius 2 is 2.26 bits per heavy atom. The molecular weight excluding hydrogens is 256 g/mol. The lowest BCUT2D eigenvalue weighted by atomic mass is 10.4. The first kappa shape index (κ1) is 12.7. The second-order valence-corrected chi connectivity index (χ2v) is 3.78. The lowest BCUT2D eigenvalue weighted by molar-refractivity contribution is -0.401. The molecule has 2 rings (SSSR count). The Labute approximate surface area is 107 Å². The van der Waals surface area contributed by atoms with Crippen molar-refractivity contribution in [1.82, 2.24) is 15.0 Å². The summed E-state index contributed by atoms with van der Waals surface area (Å²) in [5.74, 6) is -0.102. The minimum absolute atomic E-state index is 0.0973. The summed E-state index contributed by atoms with van der Waals surface area (Å²) in [6.07, 6.45) is 0. The van der Waals surface area contributed by atoms with Gasteiger partial charge < -0.3 is 13.8 Å². The van der Waals surface area contributed by atoms with E-state index in [0.29, 0.717) is 0 Å². The van der Waals surface area contributed by atoms with Crippen molar-refractivity contribution >= 4 is 11.8 Å². The van der Waals surface area contributed by atoms with E-state index in [4.69, 9.17) is 8.94 Å². The Morgan fingerprint density at radius 3 is 2.84 bits per heavy atom. The zero-order valence-corrected chi connectivity index (χ0v) is 10.2. The van der Waals surface area contributed by atoms with E-state index in [2.05, 4.69) is 10.1 Å². The van der Waals surface area contributed by atoms with E-state index >= 15 is 0 Å². The summed E-state index contributed by atoms with van der Waals surface area (Å²) in [5.41, 5.74) is 0. The predicted octanol–water partition coefficient (Wildman–Crippen LogP) is 1.22. The second-order valence-electron chi connectivity index (χ2n) is 3.78. The van der Waals surface area contributed by atoms with Gasteiger partial charge in [0.25, 0.3) is 0 Å². The van der Waals surface area contributed by atoms with Gasteiger partial charge in [0.2, 0.25) is 17.6 Å². The van der Waals surface area contributed by atoms with E-state index < -0.39 is 10.8 Å². The van der Waals surface area contributed by atoms with Crippen LogP contribution in [0.15, 0.2) is 21.1 Å². The molecule has 0 saturated carbocycles. The van der Waals surface area contributed by atoms with Gasteiger partial charge in [0.05, 0.1) is 12.6 Å². The Kier molecular flexibility index (Phi) is 3.27. The highest BCUT2D eigenvalue weighted by Gasteiger charge is 2.18. The Balaban J connectivity index is 2.16. The Hall–Kier alpha value is -2.71. The van der Waals surface area contributed by atoms with Gasteiger partial charge in [-0.25, -0.2) is 0 Å². The summed E-state index contributed by atoms with van der Waals surface area (Å²) in [6, 6.07) is 2.58. The normalized spacial score (nSPS) is 10.4. The van der Waals surface area contributed by atoms with E-state index in [1.165, 1.54) is 24.0 Å². The van der Waals surface area contributed by atoms with Gasteiger partial charge in [0.15, 0.2) is 5.76 Å². The van der Waals surface area contributed by atoms with Gasteiger partial charge in [-0.15, -0.1) is 0 Å².